The first kappa shape index (κ1) is 30.0. The number of carbonyl (C=O) groups is 2. The molecule has 11 heteroatoms. The largest absolute Gasteiger partial charge is 0.344 e. The van der Waals surface area contributed by atoms with E-state index in [1.165, 1.54) is 6.20 Å². The summed E-state index contributed by atoms with van der Waals surface area (Å²) in [5, 5.41) is 8.39. The number of nitrogens with one attached hydrogen (secondary N) is 2. The van der Waals surface area contributed by atoms with Gasteiger partial charge in [0.05, 0.1) is 36.3 Å². The highest BCUT2D eigenvalue weighted by Gasteiger charge is 2.27. The summed E-state index contributed by atoms with van der Waals surface area (Å²) in [6.45, 7) is 11.9. The van der Waals surface area contributed by atoms with Gasteiger partial charge in [0.1, 0.15) is 28.1 Å². The molecule has 0 aliphatic carbocycles. The molecule has 0 unspecified atom stereocenters. The molecular formula is C33H33N9O2. The van der Waals surface area contributed by atoms with Crippen LogP contribution in [0.25, 0.3) is 33.7 Å². The van der Waals surface area contributed by atoms with Crippen LogP contribution in [0.1, 0.15) is 73.5 Å². The Morgan fingerprint density at radius 1 is 0.818 bits per heavy atom. The fourth-order valence-electron chi connectivity index (χ4n) is 4.39. The number of carbonyl (C=O) groups excluding carboxylic acids is 2. The van der Waals surface area contributed by atoms with Gasteiger partial charge in [-0.2, -0.15) is 0 Å². The Balaban J connectivity index is 0.000000195. The molecule has 5 aromatic heterocycles. The number of H-pyrrole nitrogens is 2. The molecule has 2 N–H and O–H groups in total. The molecule has 0 saturated heterocycles. The first-order chi connectivity index (χ1) is 20.8. The molecular weight excluding hydrogens is 554 g/mol. The van der Waals surface area contributed by atoms with E-state index < -0.39 is 10.8 Å². The maximum Gasteiger partial charge on any atom is 0.171 e. The average molecular weight is 588 g/mol. The van der Waals surface area contributed by atoms with Crippen molar-refractivity contribution in [1.82, 2.24) is 44.9 Å². The Bertz CT molecular complexity index is 2010. The molecule has 0 amide bonds. The lowest BCUT2D eigenvalue weighted by atomic mass is 9.87. The normalized spacial score (nSPS) is 11.7. The fourth-order valence-corrected chi connectivity index (χ4v) is 4.39. The van der Waals surface area contributed by atoms with Crippen molar-refractivity contribution in [2.45, 2.75) is 48.1 Å². The SMILES string of the molecule is C#Cc1cnc2[nH]cc(C(=O)C(C)(C)C)c2n1.CC(C)(C)C(=O)c1c[nH]c2ncc(-c3cn(Cc4ccccc4)nn3)nc12. The number of ketones is 2. The predicted molar refractivity (Wildman–Crippen MR) is 168 cm³/mol. The highest BCUT2D eigenvalue weighted by Crippen LogP contribution is 2.27. The van der Waals surface area contributed by atoms with Gasteiger partial charge >= 0.3 is 0 Å². The van der Waals surface area contributed by atoms with Crippen molar-refractivity contribution in [1.29, 1.82) is 0 Å². The van der Waals surface area contributed by atoms with Gasteiger partial charge in [-0.1, -0.05) is 77.1 Å². The zero-order chi connectivity index (χ0) is 31.6. The van der Waals surface area contributed by atoms with Crippen LogP contribution in [0.15, 0.2) is 61.3 Å². The summed E-state index contributed by atoms with van der Waals surface area (Å²) >= 11 is 0. The van der Waals surface area contributed by atoms with Crippen molar-refractivity contribution in [2.75, 3.05) is 0 Å². The second kappa shape index (κ2) is 11.6. The number of Topliss-reactive ketones (excluding diaryl/α,β-unsaturated/α-hetero) is 2. The summed E-state index contributed by atoms with van der Waals surface area (Å²) in [6.07, 6.45) is 13.6. The zero-order valence-corrected chi connectivity index (χ0v) is 25.5. The molecule has 5 heterocycles. The van der Waals surface area contributed by atoms with Crippen LogP contribution in [0, 0.1) is 23.2 Å². The van der Waals surface area contributed by atoms with Gasteiger partial charge < -0.3 is 9.97 Å². The van der Waals surface area contributed by atoms with Crippen LogP contribution in [0.4, 0.5) is 0 Å². The number of nitrogens with zero attached hydrogens (tertiary/aromatic N) is 7. The maximum absolute atomic E-state index is 12.7. The Morgan fingerprint density at radius 3 is 1.95 bits per heavy atom. The van der Waals surface area contributed by atoms with E-state index in [1.54, 1.807) is 23.3 Å². The fraction of sp³-hybridized carbons (Fsp3) is 0.273. The third kappa shape index (κ3) is 6.29. The minimum absolute atomic E-state index is 0.0206. The first-order valence-electron chi connectivity index (χ1n) is 14.0. The van der Waals surface area contributed by atoms with Gasteiger partial charge in [0.2, 0.25) is 0 Å². The molecule has 11 nitrogen and oxygen atoms in total. The topological polar surface area (TPSA) is 148 Å². The van der Waals surface area contributed by atoms with Gasteiger partial charge in [-0.3, -0.25) is 9.59 Å². The van der Waals surface area contributed by atoms with E-state index in [9.17, 15) is 9.59 Å². The monoisotopic (exact) mass is 587 g/mol. The molecule has 0 spiro atoms. The maximum atomic E-state index is 12.7. The molecule has 0 fully saturated rings. The third-order valence-corrected chi connectivity index (χ3v) is 6.75. The van der Waals surface area contributed by atoms with Gasteiger partial charge in [-0.25, -0.2) is 24.6 Å². The van der Waals surface area contributed by atoms with E-state index in [2.05, 4.69) is 46.1 Å². The van der Waals surface area contributed by atoms with Gasteiger partial charge in [-0.15, -0.1) is 11.5 Å². The Hall–Kier alpha value is -5.50. The summed E-state index contributed by atoms with van der Waals surface area (Å²) in [5.41, 5.74) is 5.18. The molecule has 222 valence electrons. The quantitative estimate of drug-likeness (QED) is 0.194. The van der Waals surface area contributed by atoms with Crippen LogP contribution in [0.5, 0.6) is 0 Å². The minimum atomic E-state index is -0.494. The number of hydrogen-bond acceptors (Lipinski definition) is 8. The molecule has 0 bridgehead atoms. The highest BCUT2D eigenvalue weighted by atomic mass is 16.1. The van der Waals surface area contributed by atoms with E-state index in [4.69, 9.17) is 6.42 Å². The molecule has 44 heavy (non-hydrogen) atoms. The Kier molecular flexibility index (Phi) is 7.93. The van der Waals surface area contributed by atoms with Crippen LogP contribution >= 0.6 is 0 Å². The van der Waals surface area contributed by atoms with Gasteiger partial charge in [0, 0.05) is 23.2 Å². The van der Waals surface area contributed by atoms with Crippen molar-refractivity contribution in [2.24, 2.45) is 10.8 Å². The van der Waals surface area contributed by atoms with E-state index in [-0.39, 0.29) is 11.6 Å². The predicted octanol–water partition coefficient (Wildman–Crippen LogP) is 5.66. The Morgan fingerprint density at radius 2 is 1.39 bits per heavy atom. The summed E-state index contributed by atoms with van der Waals surface area (Å²) < 4.78 is 1.76. The van der Waals surface area contributed by atoms with E-state index in [1.807, 2.05) is 78.1 Å². The van der Waals surface area contributed by atoms with Crippen LogP contribution in [0.3, 0.4) is 0 Å². The van der Waals surface area contributed by atoms with Crippen LogP contribution in [-0.2, 0) is 6.54 Å². The molecule has 0 aliphatic rings. The van der Waals surface area contributed by atoms with Gasteiger partial charge in [0.15, 0.2) is 22.9 Å². The number of terminal acetylenes is 1. The van der Waals surface area contributed by atoms with Crippen LogP contribution in [-0.4, -0.2) is 56.5 Å². The lowest BCUT2D eigenvalue weighted by Gasteiger charge is -2.15. The average Bonchev–Trinajstić information content (AvgIpc) is 3.74. The second-order valence-corrected chi connectivity index (χ2v) is 12.4. The highest BCUT2D eigenvalue weighted by molar-refractivity contribution is 6.09. The lowest BCUT2D eigenvalue weighted by Crippen LogP contribution is -2.20. The standard InChI is InChI=1S/C20H20N6O.C13H13N3O/c1-20(2,3)18(27)14-9-21-19-17(14)23-15(10-22-19)16-12-26(25-24-16)11-13-7-5-4-6-8-13;1-5-8-6-14-12-10(16-8)9(7-15-12)11(17)13(2,3)4/h4-10,12H,11H2,1-3H3,(H,21,22);1,6-7H,2-4H3,(H,14,15). The van der Waals surface area contributed by atoms with Crippen LogP contribution in [0.2, 0.25) is 0 Å². The molecule has 0 radical (unpaired) electrons. The zero-order valence-electron chi connectivity index (χ0n) is 25.5. The Labute approximate surface area is 254 Å². The summed E-state index contributed by atoms with van der Waals surface area (Å²) in [4.78, 5) is 48.2. The van der Waals surface area contributed by atoms with E-state index in [0.717, 1.165) is 5.56 Å². The molecule has 6 rings (SSSR count). The first-order valence-corrected chi connectivity index (χ1v) is 14.0. The number of aromatic nitrogens is 9. The molecule has 0 aliphatic heterocycles. The number of rotatable bonds is 5. The summed E-state index contributed by atoms with van der Waals surface area (Å²) in [5.74, 6) is 2.46. The van der Waals surface area contributed by atoms with E-state index >= 15 is 0 Å². The summed E-state index contributed by atoms with van der Waals surface area (Å²) in [6, 6.07) is 10.0. The minimum Gasteiger partial charge on any atom is -0.344 e. The second-order valence-electron chi connectivity index (χ2n) is 12.4. The van der Waals surface area contributed by atoms with Crippen molar-refractivity contribution in [3.8, 4) is 23.7 Å². The molecule has 1 aromatic carbocycles. The molecule has 6 aromatic rings. The number of hydrogen-bond donors (Lipinski definition) is 2. The smallest absolute Gasteiger partial charge is 0.171 e. The van der Waals surface area contributed by atoms with Crippen molar-refractivity contribution >= 4 is 33.9 Å². The van der Waals surface area contributed by atoms with E-state index in [0.29, 0.717) is 57.1 Å². The van der Waals surface area contributed by atoms with Gasteiger partial charge in [0.25, 0.3) is 0 Å². The molecule has 0 atom stereocenters. The van der Waals surface area contributed by atoms with Crippen molar-refractivity contribution in [3.63, 3.8) is 0 Å². The van der Waals surface area contributed by atoms with Gasteiger partial charge in [-0.05, 0) is 11.5 Å². The van der Waals surface area contributed by atoms with Crippen molar-refractivity contribution < 1.29 is 9.59 Å². The summed E-state index contributed by atoms with van der Waals surface area (Å²) in [7, 11) is 0. The number of aromatic amines is 2. The third-order valence-electron chi connectivity index (χ3n) is 6.75. The van der Waals surface area contributed by atoms with Crippen LogP contribution < -0.4 is 0 Å². The lowest BCUT2D eigenvalue weighted by molar-refractivity contribution is 0.0854. The molecule has 0 saturated carbocycles. The number of benzene rings is 1. The number of fused-ring (bicyclic) bond motifs is 2. The van der Waals surface area contributed by atoms with Crippen molar-refractivity contribution in [3.05, 3.63) is 83.7 Å².